The van der Waals surface area contributed by atoms with E-state index >= 15 is 0 Å². The highest BCUT2D eigenvalue weighted by Crippen LogP contribution is 2.29. The Morgan fingerprint density at radius 3 is 2.23 bits per heavy atom. The van der Waals surface area contributed by atoms with Crippen molar-refractivity contribution in [3.63, 3.8) is 0 Å². The summed E-state index contributed by atoms with van der Waals surface area (Å²) in [6.45, 7) is 1.56. The number of nitrogens with one attached hydrogen (secondary N) is 3. The third kappa shape index (κ3) is 4.07. The summed E-state index contributed by atoms with van der Waals surface area (Å²) in [7, 11) is -4.07. The molecule has 3 N–H and O–H groups in total. The monoisotopic (exact) mass is 460 g/mol. The van der Waals surface area contributed by atoms with E-state index in [1.165, 1.54) is 48.7 Å². The molecule has 0 radical (unpaired) electrons. The number of sulfonamides is 1. The van der Waals surface area contributed by atoms with Crippen molar-refractivity contribution in [2.24, 2.45) is 0 Å². The van der Waals surface area contributed by atoms with E-state index in [-0.39, 0.29) is 21.1 Å². The van der Waals surface area contributed by atoms with E-state index < -0.39 is 27.0 Å². The molecule has 11 heteroatoms. The first kappa shape index (κ1) is 20.8. The third-order valence-corrected chi connectivity index (χ3v) is 6.33. The third-order valence-electron chi connectivity index (χ3n) is 4.52. The lowest BCUT2D eigenvalue weighted by atomic mass is 10.1. The van der Waals surface area contributed by atoms with E-state index in [9.17, 15) is 22.4 Å². The molecule has 8 nitrogen and oxygen atoms in total. The summed E-state index contributed by atoms with van der Waals surface area (Å²) in [4.78, 5) is 31.9. The number of fused-ring (bicyclic) bond motifs is 1. The van der Waals surface area contributed by atoms with E-state index in [1.54, 1.807) is 6.92 Å². The van der Waals surface area contributed by atoms with Gasteiger partial charge in [-0.1, -0.05) is 11.6 Å². The number of pyridine rings is 1. The molecule has 0 atom stereocenters. The minimum absolute atomic E-state index is 0.0959. The van der Waals surface area contributed by atoms with Crippen molar-refractivity contribution >= 4 is 38.3 Å². The van der Waals surface area contributed by atoms with Gasteiger partial charge in [0.1, 0.15) is 5.82 Å². The fourth-order valence-electron chi connectivity index (χ4n) is 3.07. The van der Waals surface area contributed by atoms with Gasteiger partial charge in [0.25, 0.3) is 10.0 Å². The minimum Gasteiger partial charge on any atom is -0.316 e. The SMILES string of the molecule is Cc1cc2[nH]c(=O)c(=O)[nH]c2cc1S(=O)(=O)Nc1cnc(-c2ccc(F)cc2)c(Cl)c1. The van der Waals surface area contributed by atoms with E-state index in [0.717, 1.165) is 0 Å². The fraction of sp³-hybridized carbons (Fsp3) is 0.0500. The molecule has 0 aliphatic heterocycles. The predicted molar refractivity (Wildman–Crippen MR) is 115 cm³/mol. The van der Waals surface area contributed by atoms with Crippen LogP contribution in [-0.4, -0.2) is 23.4 Å². The van der Waals surface area contributed by atoms with Crippen LogP contribution in [-0.2, 0) is 10.0 Å². The van der Waals surface area contributed by atoms with Crippen molar-refractivity contribution in [2.45, 2.75) is 11.8 Å². The molecule has 4 rings (SSSR count). The van der Waals surface area contributed by atoms with Crippen LogP contribution < -0.4 is 15.8 Å². The van der Waals surface area contributed by atoms with E-state index in [2.05, 4.69) is 19.7 Å². The molecule has 0 spiro atoms. The Bertz CT molecular complexity index is 1550. The molecule has 2 aromatic carbocycles. The average molecular weight is 461 g/mol. The molecule has 0 saturated carbocycles. The lowest BCUT2D eigenvalue weighted by Gasteiger charge is -2.12. The van der Waals surface area contributed by atoms with Gasteiger partial charge in [0.15, 0.2) is 0 Å². The molecular formula is C20H14ClFN4O4S. The standard InChI is InChI=1S/C20H14ClFN4O4S/c1-10-6-15-16(25-20(28)19(27)24-15)8-17(10)31(29,30)26-13-7-14(21)18(23-9-13)11-2-4-12(22)5-3-11/h2-9,26H,1H3,(H,24,27)(H,25,28). The van der Waals surface area contributed by atoms with Crippen LogP contribution >= 0.6 is 11.6 Å². The first-order valence-electron chi connectivity index (χ1n) is 8.85. The molecule has 31 heavy (non-hydrogen) atoms. The first-order valence-corrected chi connectivity index (χ1v) is 10.7. The van der Waals surface area contributed by atoms with Gasteiger partial charge in [-0.15, -0.1) is 0 Å². The highest BCUT2D eigenvalue weighted by atomic mass is 35.5. The number of hydrogen-bond acceptors (Lipinski definition) is 5. The zero-order valence-electron chi connectivity index (χ0n) is 15.9. The Balaban J connectivity index is 1.70. The summed E-state index contributed by atoms with van der Waals surface area (Å²) in [5.41, 5.74) is 0.155. The Hall–Kier alpha value is -3.50. The maximum Gasteiger partial charge on any atom is 0.314 e. The topological polar surface area (TPSA) is 125 Å². The van der Waals surface area contributed by atoms with Gasteiger partial charge >= 0.3 is 11.1 Å². The number of rotatable bonds is 4. The van der Waals surface area contributed by atoms with E-state index in [0.29, 0.717) is 22.3 Å². The van der Waals surface area contributed by atoms with Gasteiger partial charge in [0.05, 0.1) is 38.5 Å². The highest BCUT2D eigenvalue weighted by molar-refractivity contribution is 7.92. The van der Waals surface area contributed by atoms with Gasteiger partial charge in [0, 0.05) is 5.56 Å². The molecule has 0 amide bonds. The van der Waals surface area contributed by atoms with Crippen LogP contribution in [0.15, 0.2) is 63.1 Å². The number of benzene rings is 2. The Kier molecular flexibility index (Phi) is 5.11. The quantitative estimate of drug-likeness (QED) is 0.403. The number of aromatic amines is 2. The molecule has 0 saturated heterocycles. The number of aryl methyl sites for hydroxylation is 1. The highest BCUT2D eigenvalue weighted by Gasteiger charge is 2.19. The van der Waals surface area contributed by atoms with Crippen LogP contribution in [0.5, 0.6) is 0 Å². The molecule has 2 heterocycles. The van der Waals surface area contributed by atoms with Gasteiger partial charge in [-0.25, -0.2) is 12.8 Å². The number of aromatic nitrogens is 3. The molecule has 0 aliphatic carbocycles. The van der Waals surface area contributed by atoms with Gasteiger partial charge in [-0.3, -0.25) is 19.3 Å². The number of halogens is 2. The molecule has 2 aromatic heterocycles. The van der Waals surface area contributed by atoms with Crippen LogP contribution in [0.25, 0.3) is 22.3 Å². The number of hydrogen-bond donors (Lipinski definition) is 3. The van der Waals surface area contributed by atoms with E-state index in [4.69, 9.17) is 11.6 Å². The van der Waals surface area contributed by atoms with Crippen molar-refractivity contribution in [1.29, 1.82) is 0 Å². The smallest absolute Gasteiger partial charge is 0.314 e. The molecule has 0 unspecified atom stereocenters. The molecule has 0 aliphatic rings. The maximum absolute atomic E-state index is 13.1. The molecule has 4 aromatic rings. The second-order valence-electron chi connectivity index (χ2n) is 6.74. The molecule has 158 valence electrons. The summed E-state index contributed by atoms with van der Waals surface area (Å²) in [5, 5.41) is 0.170. The fourth-order valence-corrected chi connectivity index (χ4v) is 4.63. The normalized spacial score (nSPS) is 11.6. The lowest BCUT2D eigenvalue weighted by Crippen LogP contribution is -2.29. The average Bonchev–Trinajstić information content (AvgIpc) is 2.69. The maximum atomic E-state index is 13.1. The Morgan fingerprint density at radius 2 is 1.61 bits per heavy atom. The summed E-state index contributed by atoms with van der Waals surface area (Å²) in [5.74, 6) is -0.402. The first-order chi connectivity index (χ1) is 14.6. The van der Waals surface area contributed by atoms with E-state index in [1.807, 2.05) is 0 Å². The van der Waals surface area contributed by atoms with Crippen LogP contribution in [0.4, 0.5) is 10.1 Å². The largest absolute Gasteiger partial charge is 0.316 e. The van der Waals surface area contributed by atoms with Crippen LogP contribution in [0.2, 0.25) is 5.02 Å². The number of H-pyrrole nitrogens is 2. The van der Waals surface area contributed by atoms with Gasteiger partial charge in [-0.05, 0) is 55.0 Å². The Labute approximate surface area is 179 Å². The van der Waals surface area contributed by atoms with Gasteiger partial charge < -0.3 is 9.97 Å². The number of nitrogens with zero attached hydrogens (tertiary/aromatic N) is 1. The van der Waals surface area contributed by atoms with Crippen molar-refractivity contribution in [2.75, 3.05) is 4.72 Å². The lowest BCUT2D eigenvalue weighted by molar-refractivity contribution is 0.600. The van der Waals surface area contributed by atoms with Crippen molar-refractivity contribution < 1.29 is 12.8 Å². The van der Waals surface area contributed by atoms with Crippen molar-refractivity contribution in [1.82, 2.24) is 15.0 Å². The van der Waals surface area contributed by atoms with Crippen LogP contribution in [0.3, 0.4) is 0 Å². The predicted octanol–water partition coefficient (Wildman–Crippen LogP) is 3.18. The zero-order chi connectivity index (χ0) is 22.3. The molecular weight excluding hydrogens is 447 g/mol. The van der Waals surface area contributed by atoms with Crippen LogP contribution in [0, 0.1) is 12.7 Å². The Morgan fingerprint density at radius 1 is 1.00 bits per heavy atom. The van der Waals surface area contributed by atoms with Crippen molar-refractivity contribution in [3.05, 3.63) is 85.8 Å². The summed E-state index contributed by atoms with van der Waals surface area (Å²) in [6.07, 6.45) is 1.29. The number of anilines is 1. The van der Waals surface area contributed by atoms with Crippen molar-refractivity contribution in [3.8, 4) is 11.3 Å². The van der Waals surface area contributed by atoms with Crippen LogP contribution in [0.1, 0.15) is 5.56 Å². The van der Waals surface area contributed by atoms with Gasteiger partial charge in [-0.2, -0.15) is 0 Å². The summed E-state index contributed by atoms with van der Waals surface area (Å²) in [6, 6.07) is 9.65. The second kappa shape index (κ2) is 7.64. The minimum atomic E-state index is -4.07. The molecule has 0 bridgehead atoms. The summed E-state index contributed by atoms with van der Waals surface area (Å²) < 4.78 is 41.4. The molecule has 0 fully saturated rings. The second-order valence-corrected chi connectivity index (χ2v) is 8.80. The summed E-state index contributed by atoms with van der Waals surface area (Å²) >= 11 is 6.26. The zero-order valence-corrected chi connectivity index (χ0v) is 17.4. The van der Waals surface area contributed by atoms with Gasteiger partial charge in [0.2, 0.25) is 0 Å².